The number of furan rings is 1. The first kappa shape index (κ1) is 26.3. The van der Waals surface area contributed by atoms with Crippen LogP contribution < -0.4 is 4.90 Å². The Morgan fingerprint density at radius 1 is 0.426 bits per heavy atom. The molecule has 10 aromatic rings. The number of nitrogens with zero attached hydrogens (tertiary/aromatic N) is 1. The monoisotopic (exact) mass is 617 g/mol. The molecule has 47 heavy (non-hydrogen) atoms. The van der Waals surface area contributed by atoms with Gasteiger partial charge in [-0.3, -0.25) is 0 Å². The summed E-state index contributed by atoms with van der Waals surface area (Å²) in [6.45, 7) is 0. The zero-order valence-electron chi connectivity index (χ0n) is 25.4. The number of benzene rings is 8. The minimum Gasteiger partial charge on any atom is -0.455 e. The molecule has 8 aromatic carbocycles. The largest absolute Gasteiger partial charge is 0.455 e. The molecular weight excluding hydrogens is 591 g/mol. The average molecular weight is 618 g/mol. The fraction of sp³-hybridized carbons (Fsp3) is 0. The number of rotatable bonds is 4. The average Bonchev–Trinajstić information content (AvgIpc) is 3.71. The second-order valence-corrected chi connectivity index (χ2v) is 13.1. The van der Waals surface area contributed by atoms with Crippen LogP contribution >= 0.6 is 11.3 Å². The van der Waals surface area contributed by atoms with Crippen LogP contribution in [0.5, 0.6) is 0 Å². The molecule has 0 unspecified atom stereocenters. The summed E-state index contributed by atoms with van der Waals surface area (Å²) < 4.78 is 9.06. The summed E-state index contributed by atoms with van der Waals surface area (Å²) >= 11 is 1.86. The zero-order chi connectivity index (χ0) is 30.9. The lowest BCUT2D eigenvalue weighted by atomic mass is 9.98. The Morgan fingerprint density at radius 3 is 2.00 bits per heavy atom. The number of para-hydroxylation sites is 1. The van der Waals surface area contributed by atoms with Crippen molar-refractivity contribution in [3.8, 4) is 11.1 Å². The summed E-state index contributed by atoms with van der Waals surface area (Å²) in [6.07, 6.45) is 0. The number of hydrogen-bond acceptors (Lipinski definition) is 3. The van der Waals surface area contributed by atoms with Crippen molar-refractivity contribution in [2.24, 2.45) is 0 Å². The molecular formula is C44H27NOS. The van der Waals surface area contributed by atoms with Crippen LogP contribution in [-0.4, -0.2) is 0 Å². The molecule has 2 aromatic heterocycles. The third kappa shape index (κ3) is 4.04. The molecule has 0 saturated heterocycles. The van der Waals surface area contributed by atoms with Crippen molar-refractivity contribution < 1.29 is 4.42 Å². The first-order valence-corrected chi connectivity index (χ1v) is 16.7. The van der Waals surface area contributed by atoms with Crippen LogP contribution in [-0.2, 0) is 0 Å². The molecule has 0 saturated carbocycles. The minimum absolute atomic E-state index is 0.901. The van der Waals surface area contributed by atoms with Gasteiger partial charge in [-0.2, -0.15) is 0 Å². The van der Waals surface area contributed by atoms with Crippen molar-refractivity contribution in [2.45, 2.75) is 0 Å². The van der Waals surface area contributed by atoms with E-state index in [1.807, 2.05) is 11.3 Å². The van der Waals surface area contributed by atoms with Crippen molar-refractivity contribution in [3.05, 3.63) is 164 Å². The second kappa shape index (κ2) is 10.3. The summed E-state index contributed by atoms with van der Waals surface area (Å²) in [5, 5.41) is 9.60. The maximum absolute atomic E-state index is 6.49. The lowest BCUT2D eigenvalue weighted by molar-refractivity contribution is 0.672. The Kier molecular flexibility index (Phi) is 5.78. The number of fused-ring (bicyclic) bond motifs is 9. The third-order valence-electron chi connectivity index (χ3n) is 9.45. The van der Waals surface area contributed by atoms with Crippen LogP contribution in [0.1, 0.15) is 0 Å². The summed E-state index contributed by atoms with van der Waals surface area (Å²) in [6, 6.07) is 59.0. The molecule has 2 nitrogen and oxygen atoms in total. The fourth-order valence-corrected chi connectivity index (χ4v) is 8.49. The van der Waals surface area contributed by atoms with Crippen LogP contribution in [0.25, 0.3) is 74.8 Å². The van der Waals surface area contributed by atoms with Gasteiger partial charge in [-0.25, -0.2) is 0 Å². The van der Waals surface area contributed by atoms with Gasteiger partial charge in [0, 0.05) is 42.6 Å². The normalized spacial score (nSPS) is 11.8. The Labute approximate surface area is 275 Å². The van der Waals surface area contributed by atoms with E-state index in [1.54, 1.807) is 0 Å². The Hall–Kier alpha value is -5.90. The second-order valence-electron chi connectivity index (χ2n) is 12.1. The SMILES string of the molecule is c1ccc(N(c2cccc3ccccc23)c2cccc3c2sc2ccccc23)c(-c2ccc3oc4c5ccccc5ccc4c3c2)c1. The van der Waals surface area contributed by atoms with Gasteiger partial charge < -0.3 is 9.32 Å². The van der Waals surface area contributed by atoms with Gasteiger partial charge >= 0.3 is 0 Å². The van der Waals surface area contributed by atoms with E-state index in [0.717, 1.165) is 49.8 Å². The molecule has 0 aliphatic carbocycles. The van der Waals surface area contributed by atoms with Crippen LogP contribution in [0, 0.1) is 0 Å². The number of hydrogen-bond donors (Lipinski definition) is 0. The van der Waals surface area contributed by atoms with Gasteiger partial charge in [0.05, 0.1) is 21.8 Å². The number of thiophene rings is 1. The van der Waals surface area contributed by atoms with Gasteiger partial charge in [-0.15, -0.1) is 11.3 Å². The molecule has 0 amide bonds. The van der Waals surface area contributed by atoms with E-state index < -0.39 is 0 Å². The molecule has 3 heteroatoms. The first-order valence-electron chi connectivity index (χ1n) is 15.9. The molecule has 0 radical (unpaired) electrons. The molecule has 0 spiro atoms. The van der Waals surface area contributed by atoms with Gasteiger partial charge in [0.25, 0.3) is 0 Å². The highest BCUT2D eigenvalue weighted by atomic mass is 32.1. The van der Waals surface area contributed by atoms with Gasteiger partial charge in [0.1, 0.15) is 11.2 Å². The van der Waals surface area contributed by atoms with Crippen LogP contribution in [0.3, 0.4) is 0 Å². The Morgan fingerprint density at radius 2 is 1.09 bits per heavy atom. The molecule has 0 N–H and O–H groups in total. The van der Waals surface area contributed by atoms with Crippen LogP contribution in [0.15, 0.2) is 168 Å². The highest BCUT2D eigenvalue weighted by Gasteiger charge is 2.22. The molecule has 0 aliphatic heterocycles. The van der Waals surface area contributed by atoms with Gasteiger partial charge in [0.2, 0.25) is 0 Å². The van der Waals surface area contributed by atoms with Crippen LogP contribution in [0.4, 0.5) is 17.1 Å². The summed E-state index contributed by atoms with van der Waals surface area (Å²) in [5.41, 5.74) is 7.62. The van der Waals surface area contributed by atoms with E-state index in [0.29, 0.717) is 0 Å². The fourth-order valence-electron chi connectivity index (χ4n) is 7.29. The molecule has 10 rings (SSSR count). The quantitative estimate of drug-likeness (QED) is 0.195. The van der Waals surface area contributed by atoms with Gasteiger partial charge in [-0.05, 0) is 58.8 Å². The molecule has 0 atom stereocenters. The highest BCUT2D eigenvalue weighted by molar-refractivity contribution is 7.26. The van der Waals surface area contributed by atoms with Gasteiger partial charge in [-0.1, -0.05) is 121 Å². The highest BCUT2D eigenvalue weighted by Crippen LogP contribution is 2.49. The van der Waals surface area contributed by atoms with E-state index in [-0.39, 0.29) is 0 Å². The topological polar surface area (TPSA) is 16.4 Å². The molecule has 0 fully saturated rings. The molecule has 0 bridgehead atoms. The molecule has 2 heterocycles. The Balaban J connectivity index is 1.25. The zero-order valence-corrected chi connectivity index (χ0v) is 26.2. The first-order chi connectivity index (χ1) is 23.3. The predicted octanol–water partition coefficient (Wildman–Crippen LogP) is 13.4. The standard InChI is InChI=1S/C44H27NOS/c1-3-14-31-28(11-1)13-9-20-39(31)45(40-21-10-18-36-34-17-6-8-22-42(34)47-44(36)40)38-19-7-5-15-32(38)30-24-26-41-37(27-30)35-25-23-29-12-2-4-16-33(29)43(35)46-41/h1-27H. The summed E-state index contributed by atoms with van der Waals surface area (Å²) in [4.78, 5) is 2.47. The number of anilines is 3. The maximum Gasteiger partial charge on any atom is 0.143 e. The minimum atomic E-state index is 0.901. The lowest BCUT2D eigenvalue weighted by Crippen LogP contribution is -2.12. The lowest BCUT2D eigenvalue weighted by Gasteiger charge is -2.29. The van der Waals surface area contributed by atoms with E-state index in [2.05, 4.69) is 169 Å². The van der Waals surface area contributed by atoms with E-state index in [9.17, 15) is 0 Å². The predicted molar refractivity (Wildman–Crippen MR) is 202 cm³/mol. The smallest absolute Gasteiger partial charge is 0.143 e. The van der Waals surface area contributed by atoms with Crippen molar-refractivity contribution in [3.63, 3.8) is 0 Å². The molecule has 0 aliphatic rings. The summed E-state index contributed by atoms with van der Waals surface area (Å²) in [5.74, 6) is 0. The maximum atomic E-state index is 6.49. The van der Waals surface area contributed by atoms with E-state index in [1.165, 1.54) is 42.0 Å². The van der Waals surface area contributed by atoms with Crippen molar-refractivity contribution in [1.82, 2.24) is 0 Å². The van der Waals surface area contributed by atoms with Crippen molar-refractivity contribution >= 4 is 92.1 Å². The van der Waals surface area contributed by atoms with E-state index in [4.69, 9.17) is 4.42 Å². The molecule has 220 valence electrons. The van der Waals surface area contributed by atoms with Crippen molar-refractivity contribution in [2.75, 3.05) is 4.90 Å². The van der Waals surface area contributed by atoms with Gasteiger partial charge in [0.15, 0.2) is 0 Å². The summed E-state index contributed by atoms with van der Waals surface area (Å²) in [7, 11) is 0. The third-order valence-corrected chi connectivity index (χ3v) is 10.7. The Bertz CT molecular complexity index is 2820. The van der Waals surface area contributed by atoms with Crippen molar-refractivity contribution in [1.29, 1.82) is 0 Å². The van der Waals surface area contributed by atoms with Crippen LogP contribution in [0.2, 0.25) is 0 Å². The van der Waals surface area contributed by atoms with E-state index >= 15 is 0 Å².